The highest BCUT2D eigenvalue weighted by molar-refractivity contribution is 6.05. The molecule has 2 aromatic carbocycles. The Morgan fingerprint density at radius 2 is 1.78 bits per heavy atom. The Morgan fingerprint density at radius 3 is 2.53 bits per heavy atom. The van der Waals surface area contributed by atoms with E-state index in [9.17, 15) is 4.79 Å². The predicted molar refractivity (Wildman–Crippen MR) is 129 cm³/mol. The van der Waals surface area contributed by atoms with Gasteiger partial charge in [-0.1, -0.05) is 56.3 Å². The first-order valence-electron chi connectivity index (χ1n) is 11.4. The van der Waals surface area contributed by atoms with Crippen molar-refractivity contribution >= 4 is 17.4 Å². The van der Waals surface area contributed by atoms with Gasteiger partial charge in [-0.25, -0.2) is 4.98 Å². The van der Waals surface area contributed by atoms with Crippen molar-refractivity contribution in [3.8, 4) is 5.75 Å². The summed E-state index contributed by atoms with van der Waals surface area (Å²) in [5.74, 6) is 1.72. The van der Waals surface area contributed by atoms with Crippen molar-refractivity contribution in [2.75, 3.05) is 23.3 Å². The highest BCUT2D eigenvalue weighted by Crippen LogP contribution is 2.44. The Balaban J connectivity index is 0.00000119. The van der Waals surface area contributed by atoms with Crippen molar-refractivity contribution in [3.05, 3.63) is 83.6 Å². The molecule has 1 N–H and O–H groups in total. The maximum absolute atomic E-state index is 12.8. The molecule has 5 rings (SSSR count). The van der Waals surface area contributed by atoms with Gasteiger partial charge in [-0.15, -0.1) is 0 Å². The number of pyridine rings is 1. The van der Waals surface area contributed by atoms with Crippen molar-refractivity contribution < 1.29 is 9.53 Å². The average Bonchev–Trinajstić information content (AvgIpc) is 3.12. The SMILES string of the molecule is CC.Cc1ccc(N2CCC3(CC2)C(=O)Nc2ncccc23)cc1OCc1ccccc1. The third-order valence-corrected chi connectivity index (χ3v) is 6.38. The third-order valence-electron chi connectivity index (χ3n) is 6.38. The first-order valence-corrected chi connectivity index (χ1v) is 11.4. The fourth-order valence-corrected chi connectivity index (χ4v) is 4.56. The van der Waals surface area contributed by atoms with Crippen molar-refractivity contribution in [2.24, 2.45) is 0 Å². The van der Waals surface area contributed by atoms with Crippen molar-refractivity contribution in [3.63, 3.8) is 0 Å². The van der Waals surface area contributed by atoms with E-state index in [1.807, 2.05) is 44.2 Å². The first-order chi connectivity index (χ1) is 15.7. The summed E-state index contributed by atoms with van der Waals surface area (Å²) < 4.78 is 6.11. The van der Waals surface area contributed by atoms with Crippen LogP contribution in [0.2, 0.25) is 0 Å². The monoisotopic (exact) mass is 429 g/mol. The molecule has 166 valence electrons. The van der Waals surface area contributed by atoms with Gasteiger partial charge in [0.25, 0.3) is 0 Å². The number of amides is 1. The molecule has 5 nitrogen and oxygen atoms in total. The fraction of sp³-hybridized carbons (Fsp3) is 0.333. The van der Waals surface area contributed by atoms with Gasteiger partial charge in [0, 0.05) is 36.6 Å². The molecule has 0 saturated carbocycles. The number of nitrogens with zero attached hydrogens (tertiary/aromatic N) is 2. The first kappa shape index (κ1) is 21.9. The number of carbonyl (C=O) groups is 1. The number of hydrogen-bond acceptors (Lipinski definition) is 4. The molecule has 1 amide bonds. The van der Waals surface area contributed by atoms with Gasteiger partial charge in [0.2, 0.25) is 5.91 Å². The summed E-state index contributed by atoms with van der Waals surface area (Å²) in [6.45, 7) is 8.27. The van der Waals surface area contributed by atoms with E-state index in [1.165, 1.54) is 0 Å². The maximum atomic E-state index is 12.8. The Kier molecular flexibility index (Phi) is 6.45. The molecule has 0 atom stereocenters. The van der Waals surface area contributed by atoms with Gasteiger partial charge in [-0.3, -0.25) is 4.79 Å². The number of ether oxygens (including phenoxy) is 1. The van der Waals surface area contributed by atoms with Gasteiger partial charge in [0.05, 0.1) is 5.41 Å². The fourth-order valence-electron chi connectivity index (χ4n) is 4.56. The number of anilines is 2. The molecule has 1 fully saturated rings. The quantitative estimate of drug-likeness (QED) is 0.596. The molecule has 32 heavy (non-hydrogen) atoms. The minimum atomic E-state index is -0.447. The van der Waals surface area contributed by atoms with Gasteiger partial charge in [-0.05, 0) is 43.0 Å². The Morgan fingerprint density at radius 1 is 1.03 bits per heavy atom. The van der Waals surface area contributed by atoms with E-state index in [1.54, 1.807) is 6.20 Å². The van der Waals surface area contributed by atoms with E-state index in [0.717, 1.165) is 59.9 Å². The second-order valence-electron chi connectivity index (χ2n) is 8.15. The minimum absolute atomic E-state index is 0.0895. The van der Waals surface area contributed by atoms with E-state index in [0.29, 0.717) is 6.61 Å². The van der Waals surface area contributed by atoms with Crippen LogP contribution in [0.3, 0.4) is 0 Å². The molecule has 3 aromatic rings. The van der Waals surface area contributed by atoms with Gasteiger partial charge >= 0.3 is 0 Å². The standard InChI is InChI=1S/C25H25N3O2.C2H6/c1-18-9-10-20(16-22(18)30-17-19-6-3-2-4-7-19)28-14-11-25(12-15-28)21-8-5-13-26-23(21)27-24(25)29;1-2/h2-10,13,16H,11-12,14-15,17H2,1H3,(H,26,27,29);1-2H3. The average molecular weight is 430 g/mol. The number of piperidine rings is 1. The minimum Gasteiger partial charge on any atom is -0.489 e. The lowest BCUT2D eigenvalue weighted by Crippen LogP contribution is -2.46. The third kappa shape index (κ3) is 4.07. The van der Waals surface area contributed by atoms with E-state index in [4.69, 9.17) is 4.74 Å². The molecule has 0 bridgehead atoms. The molecular weight excluding hydrogens is 398 g/mol. The van der Waals surface area contributed by atoms with Crippen LogP contribution in [0.15, 0.2) is 66.9 Å². The molecule has 3 heterocycles. The zero-order chi connectivity index (χ0) is 22.6. The van der Waals surface area contributed by atoms with Crippen LogP contribution in [0, 0.1) is 6.92 Å². The summed E-state index contributed by atoms with van der Waals surface area (Å²) >= 11 is 0. The van der Waals surface area contributed by atoms with E-state index < -0.39 is 5.41 Å². The van der Waals surface area contributed by atoms with Crippen LogP contribution in [0.1, 0.15) is 43.4 Å². The van der Waals surface area contributed by atoms with Gasteiger partial charge in [0.15, 0.2) is 0 Å². The van der Waals surface area contributed by atoms with Gasteiger partial charge in [-0.2, -0.15) is 0 Å². The summed E-state index contributed by atoms with van der Waals surface area (Å²) in [4.78, 5) is 19.5. The molecule has 1 aromatic heterocycles. The van der Waals surface area contributed by atoms with E-state index in [-0.39, 0.29) is 5.91 Å². The van der Waals surface area contributed by atoms with Crippen molar-refractivity contribution in [1.29, 1.82) is 0 Å². The molecular formula is C27H31N3O2. The highest BCUT2D eigenvalue weighted by atomic mass is 16.5. The van der Waals surface area contributed by atoms with Crippen LogP contribution < -0.4 is 15.0 Å². The zero-order valence-electron chi connectivity index (χ0n) is 19.1. The molecule has 5 heteroatoms. The van der Waals surface area contributed by atoms with Crippen LogP contribution in [-0.4, -0.2) is 24.0 Å². The lowest BCUT2D eigenvalue weighted by molar-refractivity contribution is -0.121. The molecule has 0 radical (unpaired) electrons. The lowest BCUT2D eigenvalue weighted by atomic mass is 9.74. The second kappa shape index (κ2) is 9.43. The predicted octanol–water partition coefficient (Wildman–Crippen LogP) is 5.49. The van der Waals surface area contributed by atoms with E-state index in [2.05, 4.69) is 52.5 Å². The number of rotatable bonds is 4. The van der Waals surface area contributed by atoms with Crippen LogP contribution in [-0.2, 0) is 16.8 Å². The summed E-state index contributed by atoms with van der Waals surface area (Å²) in [5, 5.41) is 2.97. The van der Waals surface area contributed by atoms with Crippen molar-refractivity contribution in [2.45, 2.75) is 45.6 Å². The Hall–Kier alpha value is -3.34. The molecule has 1 spiro atoms. The van der Waals surface area contributed by atoms with Gasteiger partial charge in [0.1, 0.15) is 18.2 Å². The van der Waals surface area contributed by atoms with Crippen LogP contribution >= 0.6 is 0 Å². The Labute approximate surface area is 190 Å². The molecule has 0 aliphatic carbocycles. The highest BCUT2D eigenvalue weighted by Gasteiger charge is 2.49. The number of hydrogen-bond donors (Lipinski definition) is 1. The smallest absolute Gasteiger partial charge is 0.236 e. The molecule has 2 aliphatic rings. The van der Waals surface area contributed by atoms with Crippen LogP contribution in [0.4, 0.5) is 11.5 Å². The van der Waals surface area contributed by atoms with Crippen LogP contribution in [0.25, 0.3) is 0 Å². The number of aryl methyl sites for hydroxylation is 1. The van der Waals surface area contributed by atoms with Gasteiger partial charge < -0.3 is 15.0 Å². The van der Waals surface area contributed by atoms with Crippen LogP contribution in [0.5, 0.6) is 5.75 Å². The summed E-state index contributed by atoms with van der Waals surface area (Å²) in [7, 11) is 0. The molecule has 0 unspecified atom stereocenters. The molecule has 2 aliphatic heterocycles. The molecule has 1 saturated heterocycles. The largest absolute Gasteiger partial charge is 0.489 e. The summed E-state index contributed by atoms with van der Waals surface area (Å²) in [6.07, 6.45) is 3.30. The number of carbonyl (C=O) groups excluding carboxylic acids is 1. The number of benzene rings is 2. The lowest BCUT2D eigenvalue weighted by Gasteiger charge is -2.39. The normalized spacial score (nSPS) is 16.1. The number of nitrogens with one attached hydrogen (secondary N) is 1. The summed E-state index contributed by atoms with van der Waals surface area (Å²) in [5.41, 5.74) is 4.02. The van der Waals surface area contributed by atoms with Crippen molar-refractivity contribution in [1.82, 2.24) is 4.98 Å². The van der Waals surface area contributed by atoms with E-state index >= 15 is 0 Å². The number of aromatic nitrogens is 1. The Bertz CT molecular complexity index is 1070. The topological polar surface area (TPSA) is 54.5 Å². The zero-order valence-corrected chi connectivity index (χ0v) is 19.1. The maximum Gasteiger partial charge on any atom is 0.236 e. The second-order valence-corrected chi connectivity index (χ2v) is 8.15. The number of fused-ring (bicyclic) bond motifs is 2. The summed E-state index contributed by atoms with van der Waals surface area (Å²) in [6, 6.07) is 20.6.